The highest BCUT2D eigenvalue weighted by Gasteiger charge is 2.36. The molecule has 11 heteroatoms. The Hall–Kier alpha value is -1.91. The van der Waals surface area contributed by atoms with Crippen molar-refractivity contribution in [2.45, 2.75) is 96.2 Å². The first-order chi connectivity index (χ1) is 16.8. The molecule has 200 valence electrons. The predicted molar refractivity (Wildman–Crippen MR) is 143 cm³/mol. The van der Waals surface area contributed by atoms with Crippen LogP contribution in [0.25, 0.3) is 11.0 Å². The maximum atomic E-state index is 15.0. The van der Waals surface area contributed by atoms with Gasteiger partial charge in [-0.15, -0.1) is 0 Å². The number of halogens is 2. The summed E-state index contributed by atoms with van der Waals surface area (Å²) in [5, 5.41) is 4.22. The summed E-state index contributed by atoms with van der Waals surface area (Å²) in [6.45, 7) is 14.0. The minimum Gasteiger partial charge on any atom is -0.444 e. The fraction of sp³-hybridized carbons (Fsp3) is 0.720. The van der Waals surface area contributed by atoms with Gasteiger partial charge < -0.3 is 24.3 Å². The van der Waals surface area contributed by atoms with Gasteiger partial charge in [-0.1, -0.05) is 19.6 Å². The van der Waals surface area contributed by atoms with E-state index in [1.807, 2.05) is 25.3 Å². The number of ether oxygens (including phenoxy) is 2. The lowest BCUT2D eigenvalue weighted by atomic mass is 10.0. The number of amides is 1. The standard InChI is InChI=1S/C25H39ClFN5O3Si/c1-25(2,3)35-24(33)31-10-9-18(27)19(14-31)28-21-20-17(16-7-8-16)13-32(22(20)30-23(26)29-21)15-34-11-12-36(4,5)6/h13,16,18-19H,7-12,14-15H2,1-6H3,(H,28,29,30)/t18-,19+/m1/s1. The molecule has 36 heavy (non-hydrogen) atoms. The highest BCUT2D eigenvalue weighted by Crippen LogP contribution is 2.45. The van der Waals surface area contributed by atoms with Gasteiger partial charge in [0.1, 0.15) is 30.0 Å². The number of nitrogens with zero attached hydrogens (tertiary/aromatic N) is 4. The zero-order valence-electron chi connectivity index (χ0n) is 22.2. The van der Waals surface area contributed by atoms with Crippen LogP contribution in [0, 0.1) is 0 Å². The van der Waals surface area contributed by atoms with Gasteiger partial charge >= 0.3 is 6.09 Å². The number of anilines is 1. The molecule has 2 fully saturated rings. The van der Waals surface area contributed by atoms with Crippen molar-refractivity contribution in [3.05, 3.63) is 17.0 Å². The molecule has 1 saturated carbocycles. The number of rotatable bonds is 8. The van der Waals surface area contributed by atoms with Crippen molar-refractivity contribution in [1.29, 1.82) is 0 Å². The Balaban J connectivity index is 1.57. The van der Waals surface area contributed by atoms with Crippen molar-refractivity contribution in [1.82, 2.24) is 19.4 Å². The van der Waals surface area contributed by atoms with Crippen LogP contribution in [0.4, 0.5) is 15.0 Å². The second kappa shape index (κ2) is 10.5. The van der Waals surface area contributed by atoms with Gasteiger partial charge in [0.05, 0.1) is 11.4 Å². The minimum atomic E-state index is -1.19. The van der Waals surface area contributed by atoms with Crippen molar-refractivity contribution in [3.8, 4) is 0 Å². The number of hydrogen-bond acceptors (Lipinski definition) is 6. The van der Waals surface area contributed by atoms with Crippen LogP contribution in [0.1, 0.15) is 51.5 Å². The molecule has 1 N–H and O–H groups in total. The van der Waals surface area contributed by atoms with Crippen LogP contribution in [-0.4, -0.2) is 71.1 Å². The van der Waals surface area contributed by atoms with E-state index in [0.29, 0.717) is 37.3 Å². The molecular weight excluding hydrogens is 501 g/mol. The van der Waals surface area contributed by atoms with Gasteiger partial charge in [-0.3, -0.25) is 0 Å². The highest BCUT2D eigenvalue weighted by molar-refractivity contribution is 6.76. The number of alkyl halides is 1. The monoisotopic (exact) mass is 539 g/mol. The molecule has 8 nitrogen and oxygen atoms in total. The van der Waals surface area contributed by atoms with E-state index >= 15 is 4.39 Å². The van der Waals surface area contributed by atoms with Gasteiger partial charge in [-0.25, -0.2) is 14.2 Å². The van der Waals surface area contributed by atoms with Gasteiger partial charge in [0.15, 0.2) is 0 Å². The largest absolute Gasteiger partial charge is 0.444 e. The minimum absolute atomic E-state index is 0.0870. The molecule has 1 saturated heterocycles. The van der Waals surface area contributed by atoms with Crippen LogP contribution in [0.3, 0.4) is 0 Å². The van der Waals surface area contributed by atoms with E-state index in [0.717, 1.165) is 29.8 Å². The molecule has 0 bridgehead atoms. The van der Waals surface area contributed by atoms with Crippen molar-refractivity contribution >= 4 is 42.6 Å². The SMILES string of the molecule is CC(C)(C)OC(=O)N1CC[C@@H](F)[C@@H](Nc2nc(Cl)nc3c2c(C2CC2)cn3COCC[Si](C)(C)C)C1. The molecule has 4 rings (SSSR count). The van der Waals surface area contributed by atoms with Crippen LogP contribution < -0.4 is 5.32 Å². The number of fused-ring (bicyclic) bond motifs is 1. The number of piperidine rings is 1. The average Bonchev–Trinajstić information content (AvgIpc) is 3.53. The Kier molecular flexibility index (Phi) is 7.88. The summed E-state index contributed by atoms with van der Waals surface area (Å²) in [5.41, 5.74) is 1.20. The van der Waals surface area contributed by atoms with Gasteiger partial charge in [0.2, 0.25) is 5.28 Å². The van der Waals surface area contributed by atoms with E-state index in [1.165, 1.54) is 0 Å². The van der Waals surface area contributed by atoms with E-state index in [9.17, 15) is 4.79 Å². The van der Waals surface area contributed by atoms with E-state index < -0.39 is 32.0 Å². The van der Waals surface area contributed by atoms with Crippen molar-refractivity contribution in [3.63, 3.8) is 0 Å². The summed E-state index contributed by atoms with van der Waals surface area (Å²) >= 11 is 6.34. The predicted octanol–water partition coefficient (Wildman–Crippen LogP) is 6.03. The topological polar surface area (TPSA) is 81.5 Å². The Morgan fingerprint density at radius 3 is 2.61 bits per heavy atom. The molecule has 1 amide bonds. The summed E-state index contributed by atoms with van der Waals surface area (Å²) in [4.78, 5) is 23.2. The van der Waals surface area contributed by atoms with Crippen LogP contribution in [-0.2, 0) is 16.2 Å². The molecule has 2 aromatic rings. The Labute approximate surface area is 218 Å². The highest BCUT2D eigenvalue weighted by atomic mass is 35.5. The molecule has 0 radical (unpaired) electrons. The maximum absolute atomic E-state index is 15.0. The molecule has 1 aliphatic heterocycles. The van der Waals surface area contributed by atoms with E-state index in [1.54, 1.807) is 4.90 Å². The van der Waals surface area contributed by atoms with Crippen LogP contribution in [0.5, 0.6) is 0 Å². The molecular formula is C25H39ClFN5O3Si. The van der Waals surface area contributed by atoms with Crippen LogP contribution >= 0.6 is 11.6 Å². The lowest BCUT2D eigenvalue weighted by molar-refractivity contribution is 0.0150. The average molecular weight is 540 g/mol. The van der Waals surface area contributed by atoms with Gasteiger partial charge in [-0.05, 0) is 69.2 Å². The second-order valence-corrected chi connectivity index (χ2v) is 18.2. The third kappa shape index (κ3) is 6.89. The fourth-order valence-electron chi connectivity index (χ4n) is 4.36. The van der Waals surface area contributed by atoms with Crippen molar-refractivity contribution < 1.29 is 18.7 Å². The number of hydrogen-bond donors (Lipinski definition) is 1. The van der Waals surface area contributed by atoms with Gasteiger partial charge in [0, 0.05) is 34.0 Å². The van der Waals surface area contributed by atoms with Gasteiger partial charge in [-0.2, -0.15) is 4.98 Å². The summed E-state index contributed by atoms with van der Waals surface area (Å²) < 4.78 is 28.5. The van der Waals surface area contributed by atoms with Crippen molar-refractivity contribution in [2.75, 3.05) is 25.0 Å². The first kappa shape index (κ1) is 27.1. The Bertz CT molecular complexity index is 1100. The normalized spacial score (nSPS) is 21.2. The number of aromatic nitrogens is 3. The molecule has 2 aliphatic rings. The third-order valence-electron chi connectivity index (χ3n) is 6.46. The van der Waals surface area contributed by atoms with Crippen LogP contribution in [0.2, 0.25) is 31.0 Å². The number of carbonyl (C=O) groups is 1. The fourth-order valence-corrected chi connectivity index (χ4v) is 5.29. The molecule has 0 spiro atoms. The maximum Gasteiger partial charge on any atom is 0.410 e. The zero-order valence-corrected chi connectivity index (χ0v) is 24.0. The quantitative estimate of drug-likeness (QED) is 0.250. The summed E-state index contributed by atoms with van der Waals surface area (Å²) in [6.07, 6.45) is 2.92. The molecule has 3 heterocycles. The lowest BCUT2D eigenvalue weighted by Crippen LogP contribution is -2.52. The lowest BCUT2D eigenvalue weighted by Gasteiger charge is -2.36. The smallest absolute Gasteiger partial charge is 0.410 e. The second-order valence-electron chi connectivity index (χ2n) is 12.2. The Morgan fingerprint density at radius 1 is 1.25 bits per heavy atom. The number of likely N-dealkylation sites (tertiary alicyclic amines) is 1. The van der Waals surface area contributed by atoms with E-state index in [4.69, 9.17) is 21.1 Å². The summed E-state index contributed by atoms with van der Waals surface area (Å²) in [5.74, 6) is 0.929. The molecule has 1 aliphatic carbocycles. The summed E-state index contributed by atoms with van der Waals surface area (Å²) in [7, 11) is -1.19. The number of nitrogens with one attached hydrogen (secondary N) is 1. The molecule has 2 aromatic heterocycles. The zero-order chi connectivity index (χ0) is 26.3. The molecule has 0 aromatic carbocycles. The van der Waals surface area contributed by atoms with Crippen molar-refractivity contribution in [2.24, 2.45) is 0 Å². The van der Waals surface area contributed by atoms with Crippen LogP contribution in [0.15, 0.2) is 6.20 Å². The third-order valence-corrected chi connectivity index (χ3v) is 8.34. The molecule has 2 atom stereocenters. The Morgan fingerprint density at radius 2 is 1.97 bits per heavy atom. The summed E-state index contributed by atoms with van der Waals surface area (Å²) in [6, 6.07) is 0.446. The van der Waals surface area contributed by atoms with Gasteiger partial charge in [0.25, 0.3) is 0 Å². The first-order valence-corrected chi connectivity index (χ1v) is 16.9. The van der Waals surface area contributed by atoms with E-state index in [-0.39, 0.29) is 18.2 Å². The number of carbonyl (C=O) groups excluding carboxylic acids is 1. The molecule has 0 unspecified atom stereocenters. The first-order valence-electron chi connectivity index (χ1n) is 12.8. The van der Waals surface area contributed by atoms with E-state index in [2.05, 4.69) is 41.1 Å².